The van der Waals surface area contributed by atoms with Gasteiger partial charge >= 0.3 is 6.03 Å². The normalized spacial score (nSPS) is 13.1. The number of nitrogens with one attached hydrogen (secondary N) is 2. The molecule has 0 radical (unpaired) electrons. The summed E-state index contributed by atoms with van der Waals surface area (Å²) in [7, 11) is 1.58. The molecule has 3 aromatic rings. The van der Waals surface area contributed by atoms with Crippen molar-refractivity contribution in [1.82, 2.24) is 10.6 Å². The third-order valence-electron chi connectivity index (χ3n) is 5.12. The first-order valence-corrected chi connectivity index (χ1v) is 12.3. The van der Waals surface area contributed by atoms with Gasteiger partial charge in [-0.25, -0.2) is 4.79 Å². The third kappa shape index (κ3) is 6.13. The third-order valence-corrected chi connectivity index (χ3v) is 6.30. The number of hydrogen-bond donors (Lipinski definition) is 2. The van der Waals surface area contributed by atoms with Crippen molar-refractivity contribution in [3.05, 3.63) is 91.9 Å². The highest BCUT2D eigenvalue weighted by molar-refractivity contribution is 9.11. The summed E-state index contributed by atoms with van der Waals surface area (Å²) in [5.74, 6) is 0.230. The highest BCUT2D eigenvalue weighted by Gasteiger charge is 2.27. The van der Waals surface area contributed by atoms with Gasteiger partial charge in [0.2, 0.25) is 0 Å². The minimum Gasteiger partial charge on any atom is -0.493 e. The van der Waals surface area contributed by atoms with E-state index >= 15 is 0 Å². The summed E-state index contributed by atoms with van der Waals surface area (Å²) in [6.07, 6.45) is 1.38. The Balaban J connectivity index is 1.45. The molecule has 0 bridgehead atoms. The van der Waals surface area contributed by atoms with Gasteiger partial charge in [0.1, 0.15) is 24.5 Å². The van der Waals surface area contributed by atoms with Gasteiger partial charge in [0.05, 0.1) is 16.1 Å². The van der Waals surface area contributed by atoms with E-state index in [1.165, 1.54) is 6.08 Å². The van der Waals surface area contributed by atoms with Gasteiger partial charge in [-0.1, -0.05) is 36.4 Å². The van der Waals surface area contributed by atoms with Crippen LogP contribution in [-0.4, -0.2) is 25.0 Å². The summed E-state index contributed by atoms with van der Waals surface area (Å²) >= 11 is 6.95. The molecule has 0 aromatic heterocycles. The van der Waals surface area contributed by atoms with Gasteiger partial charge in [-0.15, -0.1) is 0 Å². The number of rotatable bonds is 8. The second-order valence-corrected chi connectivity index (χ2v) is 9.37. The van der Waals surface area contributed by atoms with Crippen LogP contribution in [-0.2, 0) is 22.8 Å². The van der Waals surface area contributed by atoms with E-state index in [9.17, 15) is 14.4 Å². The summed E-state index contributed by atoms with van der Waals surface area (Å²) in [6, 6.07) is 18.0. The lowest BCUT2D eigenvalue weighted by molar-refractivity contribution is -0.123. The monoisotopic (exact) mass is 614 g/mol. The molecule has 36 heavy (non-hydrogen) atoms. The molecule has 0 spiro atoms. The van der Waals surface area contributed by atoms with Crippen LogP contribution in [0.4, 0.5) is 4.79 Å². The number of carbonyl (C=O) groups excluding carboxylic acids is 3. The maximum absolute atomic E-state index is 12.0. The van der Waals surface area contributed by atoms with Crippen LogP contribution in [0.1, 0.15) is 16.7 Å². The summed E-state index contributed by atoms with van der Waals surface area (Å²) in [6.45, 7) is 0.676. The molecule has 0 saturated carbocycles. The molecule has 1 fully saturated rings. The summed E-state index contributed by atoms with van der Waals surface area (Å²) in [5.41, 5.74) is 2.30. The summed E-state index contributed by atoms with van der Waals surface area (Å²) in [5, 5.41) is 4.09. The molecular weight excluding hydrogens is 596 g/mol. The van der Waals surface area contributed by atoms with Crippen LogP contribution in [0, 0.1) is 0 Å². The zero-order chi connectivity index (χ0) is 25.7. The lowest BCUT2D eigenvalue weighted by Crippen LogP contribution is -2.51. The average molecular weight is 616 g/mol. The van der Waals surface area contributed by atoms with Gasteiger partial charge < -0.3 is 14.2 Å². The van der Waals surface area contributed by atoms with Crippen molar-refractivity contribution >= 4 is 55.8 Å². The van der Waals surface area contributed by atoms with Crippen molar-refractivity contribution in [3.63, 3.8) is 0 Å². The second-order valence-electron chi connectivity index (χ2n) is 7.66. The molecule has 3 aromatic carbocycles. The molecule has 0 atom stereocenters. The van der Waals surface area contributed by atoms with E-state index in [0.717, 1.165) is 11.1 Å². The van der Waals surface area contributed by atoms with E-state index in [-0.39, 0.29) is 12.2 Å². The summed E-state index contributed by atoms with van der Waals surface area (Å²) < 4.78 is 18.6. The van der Waals surface area contributed by atoms with Crippen molar-refractivity contribution < 1.29 is 28.6 Å². The van der Waals surface area contributed by atoms with E-state index in [1.807, 2.05) is 59.2 Å². The SMILES string of the molecule is COc1cc(COc2c(Br)cc(C=C3C(=O)NC(=O)NC3=O)cc2Br)ccc1OCc1ccccc1. The average Bonchev–Trinajstić information content (AvgIpc) is 2.85. The smallest absolute Gasteiger partial charge is 0.328 e. The minimum atomic E-state index is -0.847. The predicted molar refractivity (Wildman–Crippen MR) is 140 cm³/mol. The quantitative estimate of drug-likeness (QED) is 0.269. The number of barbiturate groups is 1. The predicted octanol–water partition coefficient (Wildman–Crippen LogP) is 5.13. The van der Waals surface area contributed by atoms with E-state index in [2.05, 4.69) is 31.9 Å². The van der Waals surface area contributed by atoms with Crippen LogP contribution < -0.4 is 24.8 Å². The van der Waals surface area contributed by atoms with Crippen LogP contribution in [0.15, 0.2) is 75.2 Å². The van der Waals surface area contributed by atoms with Crippen molar-refractivity contribution in [2.45, 2.75) is 13.2 Å². The Morgan fingerprint density at radius 3 is 2.06 bits per heavy atom. The molecule has 1 aliphatic rings. The topological polar surface area (TPSA) is 103 Å². The molecule has 1 aliphatic heterocycles. The Morgan fingerprint density at radius 1 is 0.778 bits per heavy atom. The maximum atomic E-state index is 12.0. The number of carbonyl (C=O) groups is 3. The standard InChI is InChI=1S/C26H20Br2N2O6/c1-34-22-12-16(7-8-21(22)35-13-15-5-3-2-4-6-15)14-36-23-19(27)10-17(11-20(23)28)9-18-24(31)29-26(33)30-25(18)32/h2-12H,13-14H2,1H3,(H2,29,30,31,32,33). The Labute approximate surface area is 223 Å². The number of ether oxygens (including phenoxy) is 3. The Bertz CT molecular complexity index is 1310. The number of benzene rings is 3. The molecule has 8 nitrogen and oxygen atoms in total. The zero-order valence-corrected chi connectivity index (χ0v) is 22.1. The maximum Gasteiger partial charge on any atom is 0.328 e. The van der Waals surface area contributed by atoms with Crippen LogP contribution in [0.2, 0.25) is 0 Å². The first-order valence-electron chi connectivity index (χ1n) is 10.7. The second kappa shape index (κ2) is 11.4. The molecule has 4 amide bonds. The van der Waals surface area contributed by atoms with Gasteiger partial charge in [0, 0.05) is 0 Å². The van der Waals surface area contributed by atoms with Crippen LogP contribution >= 0.6 is 31.9 Å². The van der Waals surface area contributed by atoms with Crippen molar-refractivity contribution in [2.24, 2.45) is 0 Å². The zero-order valence-electron chi connectivity index (χ0n) is 19.0. The number of hydrogen-bond acceptors (Lipinski definition) is 6. The first-order chi connectivity index (χ1) is 17.3. The molecule has 184 valence electrons. The van der Waals surface area contributed by atoms with Gasteiger partial charge in [0.15, 0.2) is 11.5 Å². The molecule has 0 unspecified atom stereocenters. The number of halogens is 2. The lowest BCUT2D eigenvalue weighted by Gasteiger charge is -2.15. The minimum absolute atomic E-state index is 0.177. The van der Waals surface area contributed by atoms with E-state index in [4.69, 9.17) is 14.2 Å². The molecule has 0 aliphatic carbocycles. The highest BCUT2D eigenvalue weighted by Crippen LogP contribution is 2.37. The van der Waals surface area contributed by atoms with E-state index in [1.54, 1.807) is 19.2 Å². The van der Waals surface area contributed by atoms with Crippen molar-refractivity contribution in [3.8, 4) is 17.2 Å². The van der Waals surface area contributed by atoms with Gasteiger partial charge in [-0.3, -0.25) is 20.2 Å². The van der Waals surface area contributed by atoms with E-state index < -0.39 is 17.8 Å². The lowest BCUT2D eigenvalue weighted by atomic mass is 10.1. The van der Waals surface area contributed by atoms with Crippen LogP contribution in [0.5, 0.6) is 17.2 Å². The fourth-order valence-corrected chi connectivity index (χ4v) is 4.84. The van der Waals surface area contributed by atoms with Crippen molar-refractivity contribution in [2.75, 3.05) is 7.11 Å². The molecular formula is C26H20Br2N2O6. The molecule has 1 saturated heterocycles. The summed E-state index contributed by atoms with van der Waals surface area (Å²) in [4.78, 5) is 35.2. The van der Waals surface area contributed by atoms with Crippen LogP contribution in [0.25, 0.3) is 6.08 Å². The molecule has 10 heteroatoms. The Kier molecular flexibility index (Phi) is 8.07. The Hall–Kier alpha value is -3.63. The first kappa shape index (κ1) is 25.5. The molecule has 1 heterocycles. The number of amides is 4. The van der Waals surface area contributed by atoms with Crippen molar-refractivity contribution in [1.29, 1.82) is 0 Å². The Morgan fingerprint density at radius 2 is 1.42 bits per heavy atom. The fourth-order valence-electron chi connectivity index (χ4n) is 3.39. The fraction of sp³-hybridized carbons (Fsp3) is 0.115. The van der Waals surface area contributed by atoms with Gasteiger partial charge in [0.25, 0.3) is 11.8 Å². The van der Waals surface area contributed by atoms with Gasteiger partial charge in [-0.2, -0.15) is 0 Å². The molecule has 2 N–H and O–H groups in total. The molecule has 4 rings (SSSR count). The van der Waals surface area contributed by atoms with Gasteiger partial charge in [-0.05, 0) is 78.9 Å². The largest absolute Gasteiger partial charge is 0.493 e. The highest BCUT2D eigenvalue weighted by atomic mass is 79.9. The number of urea groups is 1. The number of methoxy groups -OCH3 is 1. The number of imide groups is 2. The van der Waals surface area contributed by atoms with E-state index in [0.29, 0.717) is 38.4 Å². The van der Waals surface area contributed by atoms with Crippen LogP contribution in [0.3, 0.4) is 0 Å².